The molecule has 4 fully saturated rings. The van der Waals surface area contributed by atoms with Crippen molar-refractivity contribution >= 4 is 23.8 Å². The second kappa shape index (κ2) is 23.1. The fraction of sp³-hybridized carbons (Fsp3) is 0.818. The van der Waals surface area contributed by atoms with Gasteiger partial charge in [0.05, 0.1) is 12.8 Å². The Balaban J connectivity index is 0.000000223. The molecule has 0 aromatic carbocycles. The third-order valence-electron chi connectivity index (χ3n) is 12.3. The summed E-state index contributed by atoms with van der Waals surface area (Å²) in [5.41, 5.74) is -0.534. The van der Waals surface area contributed by atoms with Gasteiger partial charge in [-0.15, -0.1) is 0 Å². The van der Waals surface area contributed by atoms with E-state index in [0.29, 0.717) is 18.2 Å². The Bertz CT molecular complexity index is 1560. The average molecular weight is 811 g/mol. The van der Waals surface area contributed by atoms with Gasteiger partial charge in [0.15, 0.2) is 0 Å². The topological polar surface area (TPSA) is 182 Å². The third kappa shape index (κ3) is 15.1. The Labute approximate surface area is 345 Å². The number of carboxylic acid groups (broad SMARTS) is 1. The molecule has 0 unspecified atom stereocenters. The van der Waals surface area contributed by atoms with Gasteiger partial charge in [0.1, 0.15) is 5.60 Å². The molecule has 14 heteroatoms. The quantitative estimate of drug-likeness (QED) is 0.159. The van der Waals surface area contributed by atoms with Crippen molar-refractivity contribution in [1.29, 1.82) is 0 Å². The maximum atomic E-state index is 12.7. The second-order valence-electron chi connectivity index (χ2n) is 18.3. The van der Waals surface area contributed by atoms with E-state index in [1.807, 2.05) is 20.8 Å². The number of hydrogen-bond donors (Lipinski definition) is 1. The molecule has 0 radical (unpaired) electrons. The molecule has 0 bridgehead atoms. The highest BCUT2D eigenvalue weighted by Gasteiger charge is 2.30. The lowest BCUT2D eigenvalue weighted by atomic mass is 9.84. The number of aromatic nitrogens is 4. The Morgan fingerprint density at radius 1 is 0.638 bits per heavy atom. The van der Waals surface area contributed by atoms with Crippen molar-refractivity contribution in [3.8, 4) is 0 Å². The number of rotatable bonds is 16. The van der Waals surface area contributed by atoms with Crippen LogP contribution in [-0.4, -0.2) is 90.7 Å². The summed E-state index contributed by atoms with van der Waals surface area (Å²) in [4.78, 5) is 61.2. The molecule has 1 N–H and O–H groups in total. The van der Waals surface area contributed by atoms with Crippen LogP contribution in [0.25, 0.3) is 0 Å². The van der Waals surface area contributed by atoms with Gasteiger partial charge in [-0.05, 0) is 84.0 Å². The summed E-state index contributed by atoms with van der Waals surface area (Å²) in [6.45, 7) is 8.53. The van der Waals surface area contributed by atoms with Gasteiger partial charge in [0, 0.05) is 38.0 Å². The first-order valence-corrected chi connectivity index (χ1v) is 22.6. The van der Waals surface area contributed by atoms with E-state index in [0.717, 1.165) is 102 Å². The van der Waals surface area contributed by atoms with Crippen molar-refractivity contribution < 1.29 is 38.1 Å². The van der Waals surface area contributed by atoms with Crippen molar-refractivity contribution in [2.45, 2.75) is 192 Å². The number of amides is 2. The zero-order chi connectivity index (χ0) is 41.3. The van der Waals surface area contributed by atoms with Gasteiger partial charge in [0.2, 0.25) is 11.8 Å². The smallest absolute Gasteiger partial charge is 0.307 e. The molecule has 0 spiro atoms. The number of aliphatic carboxylic acids is 1. The minimum absolute atomic E-state index is 0.0375. The Kier molecular flexibility index (Phi) is 18.0. The molecule has 2 aromatic heterocycles. The lowest BCUT2D eigenvalue weighted by Gasteiger charge is -2.25. The van der Waals surface area contributed by atoms with Crippen molar-refractivity contribution in [2.24, 2.45) is 11.8 Å². The van der Waals surface area contributed by atoms with Crippen LogP contribution in [0.4, 0.5) is 0 Å². The van der Waals surface area contributed by atoms with Crippen LogP contribution in [0.2, 0.25) is 0 Å². The van der Waals surface area contributed by atoms with Crippen LogP contribution in [-0.2, 0) is 14.3 Å². The number of carbonyl (C=O) groups is 4. The largest absolute Gasteiger partial charge is 0.481 e. The minimum Gasteiger partial charge on any atom is -0.481 e. The Morgan fingerprint density at radius 2 is 1.03 bits per heavy atom. The fourth-order valence-corrected chi connectivity index (χ4v) is 9.13. The molecule has 58 heavy (non-hydrogen) atoms. The first kappa shape index (κ1) is 45.2. The summed E-state index contributed by atoms with van der Waals surface area (Å²) in [6, 6.07) is 0. The first-order valence-electron chi connectivity index (χ1n) is 22.6. The molecular weight excluding hydrogens is 741 g/mol. The second-order valence-corrected chi connectivity index (χ2v) is 18.3. The predicted octanol–water partition coefficient (Wildman–Crippen LogP) is 9.27. The molecular formula is C44H70N6O8. The van der Waals surface area contributed by atoms with Crippen LogP contribution in [0.15, 0.2) is 9.05 Å². The van der Waals surface area contributed by atoms with E-state index in [1.54, 1.807) is 9.80 Å². The average Bonchev–Trinajstić information content (AvgIpc) is 3.92. The highest BCUT2D eigenvalue weighted by atomic mass is 16.6. The Morgan fingerprint density at radius 3 is 1.43 bits per heavy atom. The van der Waals surface area contributed by atoms with Gasteiger partial charge in [-0.3, -0.25) is 19.2 Å². The van der Waals surface area contributed by atoms with Crippen molar-refractivity contribution in [3.05, 3.63) is 23.4 Å². The number of esters is 1. The van der Waals surface area contributed by atoms with Gasteiger partial charge >= 0.3 is 11.9 Å². The number of hydrogen-bond acceptors (Lipinski definition) is 11. The van der Waals surface area contributed by atoms with Crippen LogP contribution in [0, 0.1) is 11.8 Å². The van der Waals surface area contributed by atoms with Gasteiger partial charge in [-0.25, -0.2) is 0 Å². The minimum atomic E-state index is -0.875. The standard InChI is InChI=1S/C24H39N3O4.C20H31N3O4/c1-24(2,3)30-20(28)17-19(14-10-13-18-11-6-4-7-12-18)22-25-21(26-31-22)23(29)27-15-8-5-9-16-27;24-17(25)14-16(11-7-10-15-8-3-1-4-9-15)19-21-18(22-27-19)20(26)23-12-5-2-6-13-23/h18-19H,4-17H2,1-3H3;15-16H,1-14H2,(H,24,25)/t19-;16-/m11/s1. The van der Waals surface area contributed by atoms with Gasteiger partial charge < -0.3 is 28.7 Å². The molecule has 2 aliphatic heterocycles. The molecule has 4 heterocycles. The lowest BCUT2D eigenvalue weighted by molar-refractivity contribution is -0.155. The number of piperidine rings is 2. The van der Waals surface area contributed by atoms with Crippen molar-refractivity contribution in [1.82, 2.24) is 30.1 Å². The van der Waals surface area contributed by atoms with Crippen molar-refractivity contribution in [2.75, 3.05) is 26.2 Å². The summed E-state index contributed by atoms with van der Waals surface area (Å²) >= 11 is 0. The maximum absolute atomic E-state index is 12.7. The highest BCUT2D eigenvalue weighted by Crippen LogP contribution is 2.33. The van der Waals surface area contributed by atoms with Crippen LogP contribution in [0.5, 0.6) is 0 Å². The van der Waals surface area contributed by atoms with Gasteiger partial charge in [-0.2, -0.15) is 9.97 Å². The summed E-state index contributed by atoms with van der Waals surface area (Å²) < 4.78 is 16.3. The molecule has 324 valence electrons. The SMILES string of the molecule is CC(C)(C)OC(=O)C[C@@H](CCCC1CCCCC1)c1nc(C(=O)N2CCCCC2)no1.O=C(O)C[C@@H](CCCC1CCCCC1)c1nc(C(=O)N2CCCCC2)no1. The summed E-state index contributed by atoms with van der Waals surface area (Å²) in [7, 11) is 0. The molecule has 2 atom stereocenters. The fourth-order valence-electron chi connectivity index (χ4n) is 9.13. The van der Waals surface area contributed by atoms with Crippen LogP contribution in [0.1, 0.15) is 220 Å². The molecule has 2 amide bonds. The molecule has 2 saturated heterocycles. The molecule has 4 aliphatic rings. The zero-order valence-electron chi connectivity index (χ0n) is 35.6. The number of carboxylic acids is 1. The zero-order valence-corrected chi connectivity index (χ0v) is 35.6. The molecule has 14 nitrogen and oxygen atoms in total. The van der Waals surface area contributed by atoms with E-state index in [-0.39, 0.29) is 54.1 Å². The molecule has 2 aliphatic carbocycles. The van der Waals surface area contributed by atoms with Crippen molar-refractivity contribution in [3.63, 3.8) is 0 Å². The number of likely N-dealkylation sites (tertiary alicyclic amines) is 2. The maximum Gasteiger partial charge on any atom is 0.307 e. The van der Waals surface area contributed by atoms with E-state index in [4.69, 9.17) is 13.8 Å². The van der Waals surface area contributed by atoms with E-state index in [1.165, 1.54) is 70.6 Å². The number of nitrogens with zero attached hydrogens (tertiary/aromatic N) is 6. The predicted molar refractivity (Wildman–Crippen MR) is 217 cm³/mol. The Hall–Kier alpha value is -3.84. The van der Waals surface area contributed by atoms with Crippen LogP contribution in [0.3, 0.4) is 0 Å². The molecule has 2 aromatic rings. The normalized spacial score (nSPS) is 19.5. The van der Waals surface area contributed by atoms with E-state index in [9.17, 15) is 24.3 Å². The van der Waals surface area contributed by atoms with E-state index >= 15 is 0 Å². The van der Waals surface area contributed by atoms with E-state index in [2.05, 4.69) is 20.3 Å². The highest BCUT2D eigenvalue weighted by molar-refractivity contribution is 5.90. The van der Waals surface area contributed by atoms with E-state index < -0.39 is 11.6 Å². The third-order valence-corrected chi connectivity index (χ3v) is 12.3. The number of ether oxygens (including phenoxy) is 1. The molecule has 6 rings (SSSR count). The molecule has 2 saturated carbocycles. The lowest BCUT2D eigenvalue weighted by Crippen LogP contribution is -2.36. The summed E-state index contributed by atoms with van der Waals surface area (Å²) in [6.07, 6.45) is 25.4. The van der Waals surface area contributed by atoms with Gasteiger partial charge in [-0.1, -0.05) is 100 Å². The van der Waals surface area contributed by atoms with Crippen LogP contribution >= 0.6 is 0 Å². The monoisotopic (exact) mass is 811 g/mol. The van der Waals surface area contributed by atoms with Gasteiger partial charge in [0.25, 0.3) is 23.5 Å². The van der Waals surface area contributed by atoms with Crippen LogP contribution < -0.4 is 0 Å². The number of carbonyl (C=O) groups excluding carboxylic acids is 3. The summed E-state index contributed by atoms with van der Waals surface area (Å²) in [5.74, 6) is 0.350. The first-order chi connectivity index (χ1) is 27.9. The summed E-state index contributed by atoms with van der Waals surface area (Å²) in [5, 5.41) is 17.1.